The summed E-state index contributed by atoms with van der Waals surface area (Å²) >= 11 is 0. The standard InChI is InChI=1S/C15H21NO3/c1-19-10-12-5-4-6-13(9-12)14(18)16-15(11-17)7-2-3-8-15/h4-6,9,17H,2-3,7-8,10-11H2,1H3,(H,16,18). The highest BCUT2D eigenvalue weighted by molar-refractivity contribution is 5.94. The lowest BCUT2D eigenvalue weighted by molar-refractivity contribution is 0.0838. The van der Waals surface area contributed by atoms with Crippen molar-refractivity contribution in [3.63, 3.8) is 0 Å². The molecule has 0 heterocycles. The Morgan fingerprint density at radius 1 is 1.42 bits per heavy atom. The van der Waals surface area contributed by atoms with Gasteiger partial charge >= 0.3 is 0 Å². The summed E-state index contributed by atoms with van der Waals surface area (Å²) < 4.78 is 5.07. The molecule has 1 aliphatic rings. The Morgan fingerprint density at radius 2 is 2.16 bits per heavy atom. The van der Waals surface area contributed by atoms with E-state index in [1.807, 2.05) is 18.2 Å². The number of rotatable bonds is 5. The van der Waals surface area contributed by atoms with Gasteiger partial charge in [-0.05, 0) is 30.5 Å². The van der Waals surface area contributed by atoms with E-state index in [0.717, 1.165) is 31.2 Å². The van der Waals surface area contributed by atoms with Crippen molar-refractivity contribution in [1.82, 2.24) is 5.32 Å². The number of hydrogen-bond acceptors (Lipinski definition) is 3. The minimum atomic E-state index is -0.422. The molecule has 0 atom stereocenters. The van der Waals surface area contributed by atoms with Gasteiger partial charge in [0.1, 0.15) is 0 Å². The molecule has 0 saturated heterocycles. The van der Waals surface area contributed by atoms with E-state index in [-0.39, 0.29) is 12.5 Å². The van der Waals surface area contributed by atoms with E-state index in [1.54, 1.807) is 13.2 Å². The van der Waals surface area contributed by atoms with Gasteiger partial charge in [-0.3, -0.25) is 4.79 Å². The second-order valence-electron chi connectivity index (χ2n) is 5.23. The maximum absolute atomic E-state index is 12.3. The first-order valence-corrected chi connectivity index (χ1v) is 6.70. The largest absolute Gasteiger partial charge is 0.394 e. The van der Waals surface area contributed by atoms with Crippen LogP contribution < -0.4 is 5.32 Å². The van der Waals surface area contributed by atoms with Gasteiger partial charge in [-0.25, -0.2) is 0 Å². The molecule has 1 saturated carbocycles. The van der Waals surface area contributed by atoms with E-state index in [9.17, 15) is 9.90 Å². The zero-order valence-electron chi connectivity index (χ0n) is 11.3. The third-order valence-electron chi connectivity index (χ3n) is 3.74. The molecule has 2 N–H and O–H groups in total. The Morgan fingerprint density at radius 3 is 2.79 bits per heavy atom. The van der Waals surface area contributed by atoms with Crippen LogP contribution in [0.2, 0.25) is 0 Å². The number of carbonyl (C=O) groups excluding carboxylic acids is 1. The monoisotopic (exact) mass is 263 g/mol. The van der Waals surface area contributed by atoms with Crippen LogP contribution in [0.1, 0.15) is 41.6 Å². The number of amides is 1. The second-order valence-corrected chi connectivity index (χ2v) is 5.23. The number of methoxy groups -OCH3 is 1. The first-order valence-electron chi connectivity index (χ1n) is 6.70. The zero-order chi connectivity index (χ0) is 13.7. The molecule has 0 spiro atoms. The van der Waals surface area contributed by atoms with Crippen LogP contribution in [0.15, 0.2) is 24.3 Å². The van der Waals surface area contributed by atoms with Crippen LogP contribution in [0.5, 0.6) is 0 Å². The van der Waals surface area contributed by atoms with E-state index < -0.39 is 5.54 Å². The predicted molar refractivity (Wildman–Crippen MR) is 72.9 cm³/mol. The summed E-state index contributed by atoms with van der Waals surface area (Å²) in [7, 11) is 1.63. The predicted octanol–water partition coefficient (Wildman–Crippen LogP) is 1.87. The summed E-state index contributed by atoms with van der Waals surface area (Å²) in [6, 6.07) is 7.40. The summed E-state index contributed by atoms with van der Waals surface area (Å²) in [5, 5.41) is 12.5. The molecule has 0 radical (unpaired) electrons. The average molecular weight is 263 g/mol. The lowest BCUT2D eigenvalue weighted by Gasteiger charge is -2.28. The maximum atomic E-state index is 12.3. The van der Waals surface area contributed by atoms with Crippen molar-refractivity contribution < 1.29 is 14.6 Å². The Labute approximate surface area is 113 Å². The minimum absolute atomic E-state index is 0.0104. The van der Waals surface area contributed by atoms with E-state index >= 15 is 0 Å². The fraction of sp³-hybridized carbons (Fsp3) is 0.533. The highest BCUT2D eigenvalue weighted by Gasteiger charge is 2.34. The van der Waals surface area contributed by atoms with Crippen LogP contribution in [-0.2, 0) is 11.3 Å². The topological polar surface area (TPSA) is 58.6 Å². The SMILES string of the molecule is COCc1cccc(C(=O)NC2(CO)CCCC2)c1. The number of ether oxygens (including phenoxy) is 1. The van der Waals surface area contributed by atoms with Crippen molar-refractivity contribution in [1.29, 1.82) is 0 Å². The van der Waals surface area contributed by atoms with Crippen LogP contribution in [0.4, 0.5) is 0 Å². The van der Waals surface area contributed by atoms with Crippen molar-refractivity contribution in [2.75, 3.05) is 13.7 Å². The fourth-order valence-electron chi connectivity index (χ4n) is 2.66. The van der Waals surface area contributed by atoms with E-state index in [4.69, 9.17) is 4.74 Å². The lowest BCUT2D eigenvalue weighted by atomic mass is 9.98. The molecule has 4 heteroatoms. The average Bonchev–Trinajstić information content (AvgIpc) is 2.88. The number of aliphatic hydroxyl groups is 1. The number of aliphatic hydroxyl groups excluding tert-OH is 1. The van der Waals surface area contributed by atoms with Gasteiger partial charge in [0.2, 0.25) is 0 Å². The molecule has 19 heavy (non-hydrogen) atoms. The summed E-state index contributed by atoms with van der Waals surface area (Å²) in [4.78, 5) is 12.3. The van der Waals surface area contributed by atoms with Crippen molar-refractivity contribution in [2.45, 2.75) is 37.8 Å². The molecule has 1 aliphatic carbocycles. The Bertz CT molecular complexity index is 439. The summed E-state index contributed by atoms with van der Waals surface area (Å²) in [6.07, 6.45) is 3.83. The molecule has 104 valence electrons. The van der Waals surface area contributed by atoms with Gasteiger partial charge < -0.3 is 15.2 Å². The molecule has 0 unspecified atom stereocenters. The highest BCUT2D eigenvalue weighted by Crippen LogP contribution is 2.29. The van der Waals surface area contributed by atoms with Crippen molar-refractivity contribution >= 4 is 5.91 Å². The van der Waals surface area contributed by atoms with Crippen LogP contribution in [0, 0.1) is 0 Å². The van der Waals surface area contributed by atoms with Crippen LogP contribution >= 0.6 is 0 Å². The van der Waals surface area contributed by atoms with Gasteiger partial charge in [0.15, 0.2) is 0 Å². The fourth-order valence-corrected chi connectivity index (χ4v) is 2.66. The molecule has 1 aromatic rings. The van der Waals surface area contributed by atoms with Gasteiger partial charge in [-0.15, -0.1) is 0 Å². The van der Waals surface area contributed by atoms with Gasteiger partial charge in [-0.2, -0.15) is 0 Å². The number of carbonyl (C=O) groups is 1. The summed E-state index contributed by atoms with van der Waals surface area (Å²) in [6.45, 7) is 0.503. The normalized spacial score (nSPS) is 17.4. The Hall–Kier alpha value is -1.39. The summed E-state index contributed by atoms with van der Waals surface area (Å²) in [5.41, 5.74) is 1.17. The maximum Gasteiger partial charge on any atom is 0.251 e. The van der Waals surface area contributed by atoms with Gasteiger partial charge in [0.05, 0.1) is 18.8 Å². The molecular formula is C15H21NO3. The second kappa shape index (κ2) is 6.17. The molecule has 0 aromatic heterocycles. The first kappa shape index (κ1) is 14.0. The van der Waals surface area contributed by atoms with E-state index in [2.05, 4.69) is 5.32 Å². The minimum Gasteiger partial charge on any atom is -0.394 e. The Kier molecular flexibility index (Phi) is 4.56. The molecular weight excluding hydrogens is 242 g/mol. The number of hydrogen-bond donors (Lipinski definition) is 2. The summed E-state index contributed by atoms with van der Waals surface area (Å²) in [5.74, 6) is -0.117. The molecule has 0 bridgehead atoms. The Balaban J connectivity index is 2.08. The first-order chi connectivity index (χ1) is 9.19. The van der Waals surface area contributed by atoms with Crippen LogP contribution in [-0.4, -0.2) is 30.3 Å². The van der Waals surface area contributed by atoms with Gasteiger partial charge in [-0.1, -0.05) is 25.0 Å². The van der Waals surface area contributed by atoms with E-state index in [1.165, 1.54) is 0 Å². The van der Waals surface area contributed by atoms with Crippen LogP contribution in [0.3, 0.4) is 0 Å². The molecule has 1 amide bonds. The van der Waals surface area contributed by atoms with Crippen molar-refractivity contribution in [3.8, 4) is 0 Å². The van der Waals surface area contributed by atoms with Crippen molar-refractivity contribution in [2.24, 2.45) is 0 Å². The number of benzene rings is 1. The zero-order valence-corrected chi connectivity index (χ0v) is 11.3. The third-order valence-corrected chi connectivity index (χ3v) is 3.74. The van der Waals surface area contributed by atoms with Crippen LogP contribution in [0.25, 0.3) is 0 Å². The van der Waals surface area contributed by atoms with Gasteiger partial charge in [0.25, 0.3) is 5.91 Å². The quantitative estimate of drug-likeness (QED) is 0.852. The molecule has 2 rings (SSSR count). The lowest BCUT2D eigenvalue weighted by Crippen LogP contribution is -2.49. The molecule has 1 fully saturated rings. The van der Waals surface area contributed by atoms with Crippen molar-refractivity contribution in [3.05, 3.63) is 35.4 Å². The molecule has 1 aromatic carbocycles. The molecule has 0 aliphatic heterocycles. The molecule has 4 nitrogen and oxygen atoms in total. The highest BCUT2D eigenvalue weighted by atomic mass is 16.5. The number of nitrogens with one attached hydrogen (secondary N) is 1. The smallest absolute Gasteiger partial charge is 0.251 e. The third kappa shape index (κ3) is 3.33. The van der Waals surface area contributed by atoms with E-state index in [0.29, 0.717) is 12.2 Å². The van der Waals surface area contributed by atoms with Gasteiger partial charge in [0, 0.05) is 12.7 Å².